The molecule has 0 heterocycles. The molecule has 3 N–H and O–H groups in total. The van der Waals surface area contributed by atoms with Crippen LogP contribution < -0.4 is 10.8 Å². The third-order valence-electron chi connectivity index (χ3n) is 3.84. The van der Waals surface area contributed by atoms with Gasteiger partial charge in [-0.25, -0.2) is 27.1 Å². The van der Waals surface area contributed by atoms with Crippen molar-refractivity contribution in [2.24, 2.45) is 5.16 Å². The first-order valence-electron chi connectivity index (χ1n) is 9.13. The summed E-state index contributed by atoms with van der Waals surface area (Å²) in [6.07, 6.45) is 1.74. The zero-order valence-corrected chi connectivity index (χ0v) is 20.0. The number of carbonyl (C=O) groups excluding carboxylic acids is 1. The van der Waals surface area contributed by atoms with Crippen molar-refractivity contribution in [3.8, 4) is 0 Å². The van der Waals surface area contributed by atoms with Gasteiger partial charge in [-0.15, -0.1) is 0 Å². The second-order valence-corrected chi connectivity index (χ2v) is 9.97. The highest BCUT2D eigenvalue weighted by Gasteiger charge is 2.23. The minimum atomic E-state index is -3.31. The number of carbonyl (C=O) groups is 1. The van der Waals surface area contributed by atoms with Crippen molar-refractivity contribution in [2.45, 2.75) is 0 Å². The lowest BCUT2D eigenvalue weighted by Gasteiger charge is -2.15. The minimum Gasteiger partial charge on any atom is -0.395 e. The summed E-state index contributed by atoms with van der Waals surface area (Å²) in [5.74, 6) is -5.08. The molecule has 0 atom stereocenters. The van der Waals surface area contributed by atoms with Crippen LogP contribution in [0.4, 0.5) is 24.5 Å². The third-order valence-corrected chi connectivity index (χ3v) is 5.42. The number of aliphatic hydroxyl groups excluding tert-OH is 1. The molecule has 0 fully saturated rings. The number of aliphatic hydroxyl groups is 1. The van der Waals surface area contributed by atoms with Gasteiger partial charge in [0.1, 0.15) is 12.4 Å². The number of oxime groups is 1. The highest BCUT2D eigenvalue weighted by molar-refractivity contribution is 14.1. The molecule has 14 heteroatoms. The predicted molar refractivity (Wildman–Crippen MR) is 123 cm³/mol. The van der Waals surface area contributed by atoms with E-state index in [1.54, 1.807) is 0 Å². The third kappa shape index (κ3) is 8.13. The Balaban J connectivity index is 2.40. The second-order valence-electron chi connectivity index (χ2n) is 6.47. The van der Waals surface area contributed by atoms with E-state index in [0.717, 1.165) is 24.6 Å². The first kappa shape index (κ1) is 26.8. The van der Waals surface area contributed by atoms with Gasteiger partial charge < -0.3 is 15.3 Å². The van der Waals surface area contributed by atoms with E-state index in [1.807, 2.05) is 28.1 Å². The first-order valence-corrected chi connectivity index (χ1v) is 12.3. The van der Waals surface area contributed by atoms with Gasteiger partial charge in [0, 0.05) is 15.4 Å². The Hall–Kier alpha value is -2.43. The molecule has 0 saturated carbocycles. The Bertz CT molecular complexity index is 1150. The highest BCUT2D eigenvalue weighted by atomic mass is 127. The molecule has 0 aliphatic carbocycles. The first-order chi connectivity index (χ1) is 15.5. The van der Waals surface area contributed by atoms with Crippen molar-refractivity contribution in [1.82, 2.24) is 5.48 Å². The van der Waals surface area contributed by atoms with E-state index in [-0.39, 0.29) is 24.7 Å². The highest BCUT2D eigenvalue weighted by Crippen LogP contribution is 2.30. The van der Waals surface area contributed by atoms with Gasteiger partial charge in [-0.2, -0.15) is 0 Å². The Morgan fingerprint density at radius 2 is 1.94 bits per heavy atom. The molecule has 2 aromatic carbocycles. The molecule has 0 radical (unpaired) electrons. The largest absolute Gasteiger partial charge is 0.395 e. The number of rotatable bonds is 11. The number of nitrogens with zero attached hydrogens (tertiary/aromatic N) is 1. The van der Waals surface area contributed by atoms with E-state index in [4.69, 9.17) is 14.8 Å². The molecule has 1 amide bonds. The number of benzene rings is 2. The summed E-state index contributed by atoms with van der Waals surface area (Å²) >= 11 is 1.87. The van der Waals surface area contributed by atoms with Crippen LogP contribution in [0.5, 0.6) is 0 Å². The van der Waals surface area contributed by atoms with Gasteiger partial charge in [0.25, 0.3) is 5.91 Å². The molecule has 0 aliphatic heterocycles. The normalized spacial score (nSPS) is 11.6. The molecule has 0 saturated heterocycles. The van der Waals surface area contributed by atoms with Crippen LogP contribution in [0.2, 0.25) is 0 Å². The topological polar surface area (TPSA) is 126 Å². The summed E-state index contributed by atoms with van der Waals surface area (Å²) in [7, 11) is -3.31. The standard InChI is InChI=1S/C19H19F3IN3O6S/c1-33(29,30)7-6-31-24-10-11-8-13(19(28)26-32-5-4-27)18(17(22)16(11)21)25-15-3-2-12(23)9-14(15)20/h2-3,8-10,25,27H,4-7H2,1H3,(H,26,28)/b24-10+. The summed E-state index contributed by atoms with van der Waals surface area (Å²) in [5, 5.41) is 14.5. The van der Waals surface area contributed by atoms with Gasteiger partial charge in [0.05, 0.1) is 42.1 Å². The zero-order valence-electron chi connectivity index (χ0n) is 17.1. The Labute approximate surface area is 201 Å². The van der Waals surface area contributed by atoms with Crippen LogP contribution in [0, 0.1) is 21.0 Å². The van der Waals surface area contributed by atoms with Crippen LogP contribution in [0.15, 0.2) is 29.4 Å². The van der Waals surface area contributed by atoms with Crippen LogP contribution in [0.1, 0.15) is 15.9 Å². The summed E-state index contributed by atoms with van der Waals surface area (Å²) in [4.78, 5) is 21.9. The number of amides is 1. The molecule has 0 unspecified atom stereocenters. The Morgan fingerprint density at radius 3 is 2.58 bits per heavy atom. The number of halogens is 4. The van der Waals surface area contributed by atoms with Gasteiger partial charge >= 0.3 is 0 Å². The molecule has 180 valence electrons. The molecular formula is C19H19F3IN3O6S. The maximum Gasteiger partial charge on any atom is 0.277 e. The Kier molecular flexibility index (Phi) is 9.87. The van der Waals surface area contributed by atoms with Crippen LogP contribution in [-0.4, -0.2) is 57.5 Å². The van der Waals surface area contributed by atoms with Crippen molar-refractivity contribution >= 4 is 55.9 Å². The molecule has 0 spiro atoms. The number of hydrogen-bond donors (Lipinski definition) is 3. The minimum absolute atomic E-state index is 0.218. The molecule has 0 aromatic heterocycles. The van der Waals surface area contributed by atoms with Crippen molar-refractivity contribution in [3.63, 3.8) is 0 Å². The molecule has 9 nitrogen and oxygen atoms in total. The summed E-state index contributed by atoms with van der Waals surface area (Å²) in [5.41, 5.74) is 0.0833. The van der Waals surface area contributed by atoms with E-state index in [2.05, 4.69) is 10.5 Å². The zero-order chi connectivity index (χ0) is 24.6. The van der Waals surface area contributed by atoms with E-state index in [0.29, 0.717) is 3.57 Å². The summed E-state index contributed by atoms with van der Waals surface area (Å²) in [6.45, 7) is -1.01. The van der Waals surface area contributed by atoms with E-state index in [9.17, 15) is 26.4 Å². The van der Waals surface area contributed by atoms with Crippen molar-refractivity contribution in [1.29, 1.82) is 0 Å². The van der Waals surface area contributed by atoms with E-state index < -0.39 is 56.6 Å². The second kappa shape index (κ2) is 12.2. The molecule has 2 aromatic rings. The average Bonchev–Trinajstić information content (AvgIpc) is 2.73. The predicted octanol–water partition coefficient (Wildman–Crippen LogP) is 2.50. The number of nitrogens with one attached hydrogen (secondary N) is 2. The fraction of sp³-hybridized carbons (Fsp3) is 0.263. The lowest BCUT2D eigenvalue weighted by atomic mass is 10.1. The SMILES string of the molecule is CS(=O)(=O)CCO/N=C/c1cc(C(=O)NOCCO)c(Nc2ccc(I)cc2F)c(F)c1F. The number of hydroxylamine groups is 1. The molecule has 0 bridgehead atoms. The maximum atomic E-state index is 14.9. The number of hydrogen-bond acceptors (Lipinski definition) is 8. The van der Waals surface area contributed by atoms with Crippen LogP contribution >= 0.6 is 22.6 Å². The summed E-state index contributed by atoms with van der Waals surface area (Å²) in [6, 6.07) is 4.85. The lowest BCUT2D eigenvalue weighted by molar-refractivity contribution is 0.0168. The van der Waals surface area contributed by atoms with Crippen molar-refractivity contribution in [3.05, 3.63) is 56.4 Å². The van der Waals surface area contributed by atoms with Crippen LogP contribution in [-0.2, 0) is 19.5 Å². The van der Waals surface area contributed by atoms with Crippen molar-refractivity contribution < 1.29 is 41.2 Å². The molecule has 2 rings (SSSR count). The fourth-order valence-corrected chi connectivity index (χ4v) is 3.15. The van der Waals surface area contributed by atoms with Gasteiger partial charge in [-0.05, 0) is 46.9 Å². The summed E-state index contributed by atoms with van der Waals surface area (Å²) < 4.78 is 66.5. The van der Waals surface area contributed by atoms with Crippen LogP contribution in [0.3, 0.4) is 0 Å². The van der Waals surface area contributed by atoms with Crippen LogP contribution in [0.25, 0.3) is 0 Å². The van der Waals surface area contributed by atoms with Crippen molar-refractivity contribution in [2.75, 3.05) is 37.1 Å². The van der Waals surface area contributed by atoms with Gasteiger partial charge in [0.15, 0.2) is 21.5 Å². The maximum absolute atomic E-state index is 14.9. The fourth-order valence-electron chi connectivity index (χ4n) is 2.32. The molecule has 33 heavy (non-hydrogen) atoms. The van der Waals surface area contributed by atoms with Gasteiger partial charge in [-0.1, -0.05) is 5.16 Å². The molecule has 0 aliphatic rings. The number of sulfone groups is 1. The molecular weight excluding hydrogens is 582 g/mol. The number of anilines is 2. The lowest BCUT2D eigenvalue weighted by Crippen LogP contribution is -2.26. The average molecular weight is 601 g/mol. The van der Waals surface area contributed by atoms with Gasteiger partial charge in [0.2, 0.25) is 0 Å². The monoisotopic (exact) mass is 601 g/mol. The van der Waals surface area contributed by atoms with E-state index in [1.165, 1.54) is 12.1 Å². The quantitative estimate of drug-likeness (QED) is 0.157. The Morgan fingerprint density at radius 1 is 1.21 bits per heavy atom. The smallest absolute Gasteiger partial charge is 0.277 e. The van der Waals surface area contributed by atoms with E-state index >= 15 is 0 Å². The van der Waals surface area contributed by atoms with Gasteiger partial charge in [-0.3, -0.25) is 9.63 Å².